The molecule has 2 bridgehead atoms. The molecule has 10 heavy (non-hydrogen) atoms. The van der Waals surface area contributed by atoms with Crippen molar-refractivity contribution in [2.45, 2.75) is 12.8 Å². The van der Waals surface area contributed by atoms with Gasteiger partial charge in [0.2, 0.25) is 0 Å². The fraction of sp³-hybridized carbons (Fsp3) is 0.625. The molecule has 1 fully saturated rings. The molecule has 0 radical (unpaired) electrons. The van der Waals surface area contributed by atoms with Crippen molar-refractivity contribution in [1.29, 1.82) is 0 Å². The molecule has 2 aliphatic carbocycles. The molecule has 2 rings (SSSR count). The Kier molecular flexibility index (Phi) is 1.10. The van der Waals surface area contributed by atoms with E-state index in [2.05, 4.69) is 12.2 Å². The molecule has 1 N–H and O–H groups in total. The molecule has 54 valence electrons. The van der Waals surface area contributed by atoms with E-state index in [1.807, 2.05) is 0 Å². The Labute approximate surface area is 59.5 Å². The summed E-state index contributed by atoms with van der Waals surface area (Å²) in [5.41, 5.74) is 0. The standard InChI is InChI=1S/C8H10O2/c9-8(10)7-4-5-1-2-6(7)3-5/h1-2,5-7H,3-4H2,(H,9,10)/t5-,6-,7-/m0/s1. The van der Waals surface area contributed by atoms with Gasteiger partial charge in [0.05, 0.1) is 5.92 Å². The summed E-state index contributed by atoms with van der Waals surface area (Å²) >= 11 is 0. The molecule has 2 heteroatoms. The molecule has 0 heterocycles. The van der Waals surface area contributed by atoms with Crippen LogP contribution in [0.15, 0.2) is 12.2 Å². The summed E-state index contributed by atoms with van der Waals surface area (Å²) in [4.78, 5) is 10.6. The van der Waals surface area contributed by atoms with Crippen molar-refractivity contribution >= 4 is 5.97 Å². The van der Waals surface area contributed by atoms with Crippen molar-refractivity contribution in [3.05, 3.63) is 12.2 Å². The average Bonchev–Trinajstić information content (AvgIpc) is 2.44. The van der Waals surface area contributed by atoms with Crippen LogP contribution in [-0.2, 0) is 4.79 Å². The number of aliphatic carboxylic acids is 1. The highest BCUT2D eigenvalue weighted by atomic mass is 16.4. The first kappa shape index (κ1) is 5.96. The largest absolute Gasteiger partial charge is 0.481 e. The Balaban J connectivity index is 2.16. The fourth-order valence-corrected chi connectivity index (χ4v) is 2.06. The summed E-state index contributed by atoms with van der Waals surface area (Å²) in [5.74, 6) is 0.237. The highest BCUT2D eigenvalue weighted by Crippen LogP contribution is 2.43. The Morgan fingerprint density at radius 3 is 2.50 bits per heavy atom. The maximum Gasteiger partial charge on any atom is 0.307 e. The lowest BCUT2D eigenvalue weighted by Gasteiger charge is -2.11. The van der Waals surface area contributed by atoms with Gasteiger partial charge in [-0.15, -0.1) is 0 Å². The predicted molar refractivity (Wildman–Crippen MR) is 36.5 cm³/mol. The van der Waals surface area contributed by atoms with Crippen molar-refractivity contribution < 1.29 is 9.90 Å². The van der Waals surface area contributed by atoms with Gasteiger partial charge in [-0.25, -0.2) is 0 Å². The van der Waals surface area contributed by atoms with Gasteiger partial charge in [0, 0.05) is 0 Å². The molecule has 0 aromatic heterocycles. The van der Waals surface area contributed by atoms with E-state index >= 15 is 0 Å². The van der Waals surface area contributed by atoms with Gasteiger partial charge >= 0.3 is 5.97 Å². The Morgan fingerprint density at radius 1 is 1.40 bits per heavy atom. The van der Waals surface area contributed by atoms with Crippen LogP contribution in [0.4, 0.5) is 0 Å². The summed E-state index contributed by atoms with van der Waals surface area (Å²) in [7, 11) is 0. The maximum absolute atomic E-state index is 10.6. The number of carbonyl (C=O) groups is 1. The van der Waals surface area contributed by atoms with Gasteiger partial charge in [0.25, 0.3) is 0 Å². The number of fused-ring (bicyclic) bond motifs is 2. The lowest BCUT2D eigenvalue weighted by Crippen LogP contribution is -2.17. The SMILES string of the molecule is O=C(O)[C@H]1C[C@H]2C=C[C@H]1C2. The summed E-state index contributed by atoms with van der Waals surface area (Å²) < 4.78 is 0. The Morgan fingerprint density at radius 2 is 2.20 bits per heavy atom. The lowest BCUT2D eigenvalue weighted by atomic mass is 9.94. The molecule has 2 aliphatic rings. The van der Waals surface area contributed by atoms with Crippen LogP contribution in [0, 0.1) is 17.8 Å². The molecule has 0 aliphatic heterocycles. The van der Waals surface area contributed by atoms with Crippen molar-refractivity contribution in [1.82, 2.24) is 0 Å². The molecule has 1 saturated carbocycles. The van der Waals surface area contributed by atoms with Crippen molar-refractivity contribution in [2.24, 2.45) is 17.8 Å². The van der Waals surface area contributed by atoms with E-state index in [-0.39, 0.29) is 5.92 Å². The van der Waals surface area contributed by atoms with Crippen LogP contribution in [0.2, 0.25) is 0 Å². The van der Waals surface area contributed by atoms with Gasteiger partial charge < -0.3 is 5.11 Å². The summed E-state index contributed by atoms with van der Waals surface area (Å²) in [6.07, 6.45) is 6.17. The first-order valence-corrected chi connectivity index (χ1v) is 3.68. The number of rotatable bonds is 1. The van der Waals surface area contributed by atoms with Crippen LogP contribution in [0.5, 0.6) is 0 Å². The highest BCUT2D eigenvalue weighted by molar-refractivity contribution is 5.71. The van der Waals surface area contributed by atoms with Crippen LogP contribution >= 0.6 is 0 Å². The Bertz CT molecular complexity index is 195. The molecule has 0 saturated heterocycles. The molecule has 0 aromatic carbocycles. The molecule has 0 unspecified atom stereocenters. The zero-order chi connectivity index (χ0) is 7.14. The number of hydrogen-bond acceptors (Lipinski definition) is 1. The second kappa shape index (κ2) is 1.84. The van der Waals surface area contributed by atoms with E-state index in [0.717, 1.165) is 12.8 Å². The van der Waals surface area contributed by atoms with Crippen molar-refractivity contribution in [3.8, 4) is 0 Å². The summed E-state index contributed by atoms with van der Waals surface area (Å²) in [6, 6.07) is 0. The molecule has 0 aromatic rings. The van der Waals surface area contributed by atoms with Crippen LogP contribution in [-0.4, -0.2) is 11.1 Å². The molecule has 3 atom stereocenters. The topological polar surface area (TPSA) is 37.3 Å². The minimum absolute atomic E-state index is 0.0741. The average molecular weight is 138 g/mol. The number of allylic oxidation sites excluding steroid dienone is 2. The van der Waals surface area contributed by atoms with Crippen molar-refractivity contribution in [2.75, 3.05) is 0 Å². The number of carboxylic acids is 1. The van der Waals surface area contributed by atoms with Crippen LogP contribution in [0.25, 0.3) is 0 Å². The van der Waals surface area contributed by atoms with E-state index in [1.165, 1.54) is 0 Å². The zero-order valence-electron chi connectivity index (χ0n) is 5.66. The molecule has 2 nitrogen and oxygen atoms in total. The second-order valence-electron chi connectivity index (χ2n) is 3.22. The first-order chi connectivity index (χ1) is 4.77. The van der Waals surface area contributed by atoms with Gasteiger partial charge in [-0.3, -0.25) is 4.79 Å². The van der Waals surface area contributed by atoms with Gasteiger partial charge in [-0.2, -0.15) is 0 Å². The molecule has 0 spiro atoms. The van der Waals surface area contributed by atoms with Gasteiger partial charge in [0.1, 0.15) is 0 Å². The fourth-order valence-electron chi connectivity index (χ4n) is 2.06. The second-order valence-corrected chi connectivity index (χ2v) is 3.22. The van der Waals surface area contributed by atoms with E-state index in [0.29, 0.717) is 11.8 Å². The molecular formula is C8H10O2. The molecular weight excluding hydrogens is 128 g/mol. The monoisotopic (exact) mass is 138 g/mol. The summed E-state index contributed by atoms with van der Waals surface area (Å²) in [6.45, 7) is 0. The number of carboxylic acid groups (broad SMARTS) is 1. The van der Waals surface area contributed by atoms with E-state index in [9.17, 15) is 4.79 Å². The Hall–Kier alpha value is -0.790. The minimum Gasteiger partial charge on any atom is -0.481 e. The smallest absolute Gasteiger partial charge is 0.307 e. The third kappa shape index (κ3) is 0.681. The first-order valence-electron chi connectivity index (χ1n) is 3.68. The number of hydrogen-bond donors (Lipinski definition) is 1. The third-order valence-electron chi connectivity index (χ3n) is 2.60. The van der Waals surface area contributed by atoms with E-state index in [1.54, 1.807) is 0 Å². The van der Waals surface area contributed by atoms with Crippen LogP contribution in [0.1, 0.15) is 12.8 Å². The van der Waals surface area contributed by atoms with Crippen LogP contribution in [0.3, 0.4) is 0 Å². The van der Waals surface area contributed by atoms with Crippen molar-refractivity contribution in [3.63, 3.8) is 0 Å². The lowest BCUT2D eigenvalue weighted by molar-refractivity contribution is -0.142. The maximum atomic E-state index is 10.6. The minimum atomic E-state index is -0.614. The van der Waals surface area contributed by atoms with Crippen LogP contribution < -0.4 is 0 Å². The summed E-state index contributed by atoms with van der Waals surface area (Å²) in [5, 5.41) is 8.70. The van der Waals surface area contributed by atoms with Gasteiger partial charge in [-0.05, 0) is 24.7 Å². The quantitative estimate of drug-likeness (QED) is 0.554. The molecule has 0 amide bonds. The predicted octanol–water partition coefficient (Wildman–Crippen LogP) is 1.28. The van der Waals surface area contributed by atoms with E-state index < -0.39 is 5.97 Å². The van der Waals surface area contributed by atoms with E-state index in [4.69, 9.17) is 5.11 Å². The van der Waals surface area contributed by atoms with Gasteiger partial charge in [-0.1, -0.05) is 12.2 Å². The third-order valence-corrected chi connectivity index (χ3v) is 2.60. The highest BCUT2D eigenvalue weighted by Gasteiger charge is 2.39. The normalized spacial score (nSPS) is 42.6. The van der Waals surface area contributed by atoms with Gasteiger partial charge in [0.15, 0.2) is 0 Å². The zero-order valence-corrected chi connectivity index (χ0v) is 5.66.